The van der Waals surface area contributed by atoms with Crippen molar-refractivity contribution in [3.63, 3.8) is 0 Å². The Hall–Kier alpha value is -3.41. The Morgan fingerprint density at radius 1 is 0.920 bits per heavy atom. The van der Waals surface area contributed by atoms with Gasteiger partial charge in [-0.1, -0.05) is 12.1 Å². The molecule has 6 heteroatoms. The molecule has 122 valence electrons. The highest BCUT2D eigenvalue weighted by atomic mass is 16.5. The van der Waals surface area contributed by atoms with Crippen molar-refractivity contribution in [3.05, 3.63) is 72.3 Å². The van der Waals surface area contributed by atoms with Crippen molar-refractivity contribution in [1.82, 2.24) is 9.97 Å². The molecule has 2 aliphatic heterocycles. The zero-order valence-electron chi connectivity index (χ0n) is 13.2. The predicted octanol–water partition coefficient (Wildman–Crippen LogP) is 2.84. The van der Waals surface area contributed by atoms with Crippen molar-refractivity contribution < 1.29 is 9.47 Å². The highest BCUT2D eigenvalue weighted by Crippen LogP contribution is 2.51. The maximum absolute atomic E-state index is 6.07. The third-order valence-electron chi connectivity index (χ3n) is 4.60. The Balaban J connectivity index is 1.75. The van der Waals surface area contributed by atoms with Gasteiger partial charge in [0.25, 0.3) is 6.02 Å². The minimum Gasteiger partial charge on any atom is -0.462 e. The van der Waals surface area contributed by atoms with Crippen LogP contribution in [-0.2, 0) is 10.3 Å². The van der Waals surface area contributed by atoms with Crippen LogP contribution in [0.25, 0.3) is 11.1 Å². The summed E-state index contributed by atoms with van der Waals surface area (Å²) in [5.41, 5.74) is 8.94. The van der Waals surface area contributed by atoms with E-state index in [0.29, 0.717) is 6.61 Å². The monoisotopic (exact) mass is 330 g/mol. The fraction of sp³-hybridized carbons (Fsp3) is 0.105. The largest absolute Gasteiger partial charge is 0.462 e. The van der Waals surface area contributed by atoms with E-state index >= 15 is 0 Å². The summed E-state index contributed by atoms with van der Waals surface area (Å²) in [5, 5.41) is 0. The van der Waals surface area contributed by atoms with Gasteiger partial charge in [0.05, 0.1) is 0 Å². The van der Waals surface area contributed by atoms with Crippen molar-refractivity contribution in [2.24, 2.45) is 10.7 Å². The molecule has 5 rings (SSSR count). The molecule has 2 N–H and O–H groups in total. The Morgan fingerprint density at radius 3 is 2.60 bits per heavy atom. The van der Waals surface area contributed by atoms with Crippen molar-refractivity contribution in [2.45, 2.75) is 5.54 Å². The molecule has 0 saturated carbocycles. The van der Waals surface area contributed by atoms with E-state index in [-0.39, 0.29) is 6.02 Å². The molecule has 0 amide bonds. The summed E-state index contributed by atoms with van der Waals surface area (Å²) in [6.45, 7) is 0.324. The van der Waals surface area contributed by atoms with E-state index in [0.717, 1.165) is 33.8 Å². The van der Waals surface area contributed by atoms with E-state index in [1.807, 2.05) is 36.5 Å². The van der Waals surface area contributed by atoms with E-state index < -0.39 is 5.54 Å². The molecule has 25 heavy (non-hydrogen) atoms. The number of amidine groups is 1. The van der Waals surface area contributed by atoms with Gasteiger partial charge in [-0.05, 0) is 29.8 Å². The van der Waals surface area contributed by atoms with Crippen LogP contribution in [0.2, 0.25) is 0 Å². The van der Waals surface area contributed by atoms with Crippen molar-refractivity contribution in [3.8, 4) is 22.6 Å². The third kappa shape index (κ3) is 2.00. The van der Waals surface area contributed by atoms with E-state index in [2.05, 4.69) is 21.0 Å². The average Bonchev–Trinajstić information content (AvgIpc) is 3.05. The number of hydrogen-bond acceptors (Lipinski definition) is 6. The number of fused-ring (bicyclic) bond motifs is 4. The van der Waals surface area contributed by atoms with E-state index in [1.165, 1.54) is 0 Å². The highest BCUT2D eigenvalue weighted by molar-refractivity contribution is 5.77. The first kappa shape index (κ1) is 14.0. The number of rotatable bonds is 1. The van der Waals surface area contributed by atoms with Crippen LogP contribution >= 0.6 is 0 Å². The highest BCUT2D eigenvalue weighted by Gasteiger charge is 2.47. The van der Waals surface area contributed by atoms with Gasteiger partial charge in [0.2, 0.25) is 0 Å². The summed E-state index contributed by atoms with van der Waals surface area (Å²) in [6, 6.07) is 12.0. The van der Waals surface area contributed by atoms with Gasteiger partial charge >= 0.3 is 0 Å². The number of hydrogen-bond donors (Lipinski definition) is 1. The SMILES string of the molecule is NC1=N[C@]2(CO1)c1cnccc1Oc1ccc(-c3cccnc3)cc12. The summed E-state index contributed by atoms with van der Waals surface area (Å²) in [5.74, 6) is 1.46. The number of nitrogens with zero attached hydrogens (tertiary/aromatic N) is 3. The fourth-order valence-corrected chi connectivity index (χ4v) is 3.41. The van der Waals surface area contributed by atoms with Crippen LogP contribution in [-0.4, -0.2) is 22.6 Å². The van der Waals surface area contributed by atoms with Crippen LogP contribution in [0.5, 0.6) is 11.5 Å². The summed E-state index contributed by atoms with van der Waals surface area (Å²) >= 11 is 0. The van der Waals surface area contributed by atoms with Crippen molar-refractivity contribution in [1.29, 1.82) is 0 Å². The number of nitrogens with two attached hydrogens (primary N) is 1. The molecular formula is C19H14N4O2. The minimum atomic E-state index is -0.737. The van der Waals surface area contributed by atoms with Crippen LogP contribution in [0.3, 0.4) is 0 Å². The first-order chi connectivity index (χ1) is 12.3. The number of ether oxygens (including phenoxy) is 2. The maximum atomic E-state index is 6.07. The molecule has 1 atom stereocenters. The number of aromatic nitrogens is 2. The lowest BCUT2D eigenvalue weighted by atomic mass is 9.81. The molecule has 2 aliphatic rings. The number of aliphatic imine (C=N–C) groups is 1. The Morgan fingerprint density at radius 2 is 1.80 bits per heavy atom. The van der Waals surface area contributed by atoms with Gasteiger partial charge in [-0.2, -0.15) is 0 Å². The normalized spacial score (nSPS) is 20.2. The number of pyridine rings is 2. The second-order valence-corrected chi connectivity index (χ2v) is 6.03. The third-order valence-corrected chi connectivity index (χ3v) is 4.60. The van der Waals surface area contributed by atoms with Gasteiger partial charge < -0.3 is 15.2 Å². The van der Waals surface area contributed by atoms with Gasteiger partial charge in [-0.15, -0.1) is 0 Å². The maximum Gasteiger partial charge on any atom is 0.283 e. The van der Waals surface area contributed by atoms with Crippen LogP contribution in [0, 0.1) is 0 Å². The Kier molecular flexibility index (Phi) is 2.82. The Labute approximate surface area is 144 Å². The zero-order valence-corrected chi connectivity index (χ0v) is 13.2. The topological polar surface area (TPSA) is 82.6 Å². The molecule has 6 nitrogen and oxygen atoms in total. The number of benzene rings is 1. The quantitative estimate of drug-likeness (QED) is 0.742. The Bertz CT molecular complexity index is 1000. The van der Waals surface area contributed by atoms with Crippen LogP contribution in [0.15, 0.2) is 66.2 Å². The molecule has 0 radical (unpaired) electrons. The van der Waals surface area contributed by atoms with Crippen molar-refractivity contribution in [2.75, 3.05) is 6.61 Å². The minimum absolute atomic E-state index is 0.175. The molecule has 4 heterocycles. The lowest BCUT2D eigenvalue weighted by molar-refractivity contribution is 0.264. The smallest absolute Gasteiger partial charge is 0.283 e. The van der Waals surface area contributed by atoms with Gasteiger partial charge in [-0.3, -0.25) is 9.97 Å². The molecule has 3 aromatic rings. The van der Waals surface area contributed by atoms with Crippen LogP contribution < -0.4 is 10.5 Å². The molecular weight excluding hydrogens is 316 g/mol. The molecule has 0 aliphatic carbocycles. The van der Waals surface area contributed by atoms with Gasteiger partial charge in [-0.25, -0.2) is 4.99 Å². The van der Waals surface area contributed by atoms with Gasteiger partial charge in [0, 0.05) is 41.5 Å². The summed E-state index contributed by atoms with van der Waals surface area (Å²) in [4.78, 5) is 13.1. The molecule has 0 bridgehead atoms. The molecule has 1 spiro atoms. The first-order valence-electron chi connectivity index (χ1n) is 7.92. The molecule has 0 unspecified atom stereocenters. The van der Waals surface area contributed by atoms with E-state index in [1.54, 1.807) is 18.6 Å². The van der Waals surface area contributed by atoms with E-state index in [9.17, 15) is 0 Å². The van der Waals surface area contributed by atoms with Crippen molar-refractivity contribution >= 4 is 6.02 Å². The summed E-state index contributed by atoms with van der Waals surface area (Å²) in [7, 11) is 0. The van der Waals surface area contributed by atoms with E-state index in [4.69, 9.17) is 15.2 Å². The molecule has 1 aromatic carbocycles. The average molecular weight is 330 g/mol. The van der Waals surface area contributed by atoms with Gasteiger partial charge in [0.1, 0.15) is 18.1 Å². The standard InChI is InChI=1S/C19H14N4O2/c20-18-23-19(11-24-18)14-8-12(13-2-1-6-21-9-13)3-4-16(14)25-17-5-7-22-10-15(17)19/h1-10H,11H2,(H2,20,23)/t19-/m0/s1. The lowest BCUT2D eigenvalue weighted by Crippen LogP contribution is -2.31. The zero-order chi connectivity index (χ0) is 16.9. The second kappa shape index (κ2) is 5.04. The van der Waals surface area contributed by atoms with Crippen LogP contribution in [0.1, 0.15) is 11.1 Å². The van der Waals surface area contributed by atoms with Crippen LogP contribution in [0.4, 0.5) is 0 Å². The summed E-state index contributed by atoms with van der Waals surface area (Å²) in [6.07, 6.45) is 7.05. The second-order valence-electron chi connectivity index (χ2n) is 6.03. The molecule has 0 saturated heterocycles. The molecule has 2 aromatic heterocycles. The summed E-state index contributed by atoms with van der Waals surface area (Å²) < 4.78 is 11.6. The fourth-order valence-electron chi connectivity index (χ4n) is 3.41. The first-order valence-corrected chi connectivity index (χ1v) is 7.92. The van der Waals surface area contributed by atoms with Gasteiger partial charge in [0.15, 0.2) is 5.54 Å². The molecule has 0 fully saturated rings. The predicted molar refractivity (Wildman–Crippen MR) is 92.3 cm³/mol. The lowest BCUT2D eigenvalue weighted by Gasteiger charge is -2.33.